The summed E-state index contributed by atoms with van der Waals surface area (Å²) in [5.41, 5.74) is 2.53. The lowest BCUT2D eigenvalue weighted by molar-refractivity contribution is 0.260. The molecule has 0 atom stereocenters. The number of pyridine rings is 1. The molecular formula is C19H16ClN3OS. The number of nitrogens with zero attached hydrogens (tertiary/aromatic N) is 2. The van der Waals surface area contributed by atoms with E-state index in [-0.39, 0.29) is 0 Å². The molecule has 0 bridgehead atoms. The number of nitrogens with one attached hydrogen (secondary N) is 1. The summed E-state index contributed by atoms with van der Waals surface area (Å²) >= 11 is 10.3. The first-order valence-corrected chi connectivity index (χ1v) is 8.45. The molecule has 0 aliphatic heterocycles. The number of halogens is 1. The van der Waals surface area contributed by atoms with Crippen LogP contribution in [-0.2, 0) is 6.42 Å². The van der Waals surface area contributed by atoms with Crippen molar-refractivity contribution in [3.05, 3.63) is 89.1 Å². The molecule has 0 aliphatic carbocycles. The molecule has 0 radical (unpaired) electrons. The van der Waals surface area contributed by atoms with Crippen molar-refractivity contribution >= 4 is 42.0 Å². The maximum atomic E-state index is 12.4. The fraction of sp³-hybridized carbons (Fsp3) is 0.0526. The number of amides is 2. The van der Waals surface area contributed by atoms with Gasteiger partial charge in [0.15, 0.2) is 0 Å². The molecule has 25 heavy (non-hydrogen) atoms. The van der Waals surface area contributed by atoms with Crippen LogP contribution in [0.3, 0.4) is 0 Å². The molecule has 3 aromatic rings. The second-order valence-electron chi connectivity index (χ2n) is 5.37. The van der Waals surface area contributed by atoms with E-state index in [9.17, 15) is 4.79 Å². The maximum Gasteiger partial charge on any atom is 0.337 e. The molecule has 2 amide bonds. The Balaban J connectivity index is 1.73. The van der Waals surface area contributed by atoms with Gasteiger partial charge < -0.3 is 5.32 Å². The molecule has 3 rings (SSSR count). The number of para-hydroxylation sites is 1. The lowest BCUT2D eigenvalue weighted by Gasteiger charge is -2.17. The number of anilines is 2. The third kappa shape index (κ3) is 4.53. The van der Waals surface area contributed by atoms with Crippen LogP contribution in [-0.4, -0.2) is 11.0 Å². The molecule has 4 nitrogen and oxygen atoms in total. The van der Waals surface area contributed by atoms with Crippen LogP contribution in [0.5, 0.6) is 0 Å². The van der Waals surface area contributed by atoms with E-state index < -0.39 is 6.03 Å². The summed E-state index contributed by atoms with van der Waals surface area (Å²) in [6, 6.07) is 22.1. The Morgan fingerprint density at radius 2 is 1.72 bits per heavy atom. The summed E-state index contributed by atoms with van der Waals surface area (Å²) in [6.07, 6.45) is 0.683. The van der Waals surface area contributed by atoms with Crippen LogP contribution in [0.4, 0.5) is 16.3 Å². The molecule has 0 aliphatic rings. The zero-order valence-corrected chi connectivity index (χ0v) is 14.9. The Bertz CT molecular complexity index is 873. The molecule has 1 N–H and O–H groups in total. The number of hydrogen-bond donors (Lipinski definition) is 2. The number of rotatable bonds is 4. The van der Waals surface area contributed by atoms with Crippen molar-refractivity contribution in [3.63, 3.8) is 0 Å². The summed E-state index contributed by atoms with van der Waals surface area (Å²) in [4.78, 5) is 16.9. The largest absolute Gasteiger partial charge is 0.337 e. The van der Waals surface area contributed by atoms with Gasteiger partial charge in [-0.05, 0) is 29.8 Å². The van der Waals surface area contributed by atoms with E-state index in [1.807, 2.05) is 42.5 Å². The highest BCUT2D eigenvalue weighted by Gasteiger charge is 2.15. The highest BCUT2D eigenvalue weighted by atomic mass is 35.5. The molecule has 2 aromatic carbocycles. The molecular weight excluding hydrogens is 354 g/mol. The number of urea groups is 1. The molecule has 0 fully saturated rings. The number of thiol groups is 1. The van der Waals surface area contributed by atoms with Crippen molar-refractivity contribution in [2.45, 2.75) is 6.42 Å². The van der Waals surface area contributed by atoms with Crippen LogP contribution in [0.25, 0.3) is 0 Å². The third-order valence-corrected chi connectivity index (χ3v) is 4.26. The molecule has 6 heteroatoms. The van der Waals surface area contributed by atoms with Crippen LogP contribution in [0, 0.1) is 0 Å². The quantitative estimate of drug-likeness (QED) is 0.620. The van der Waals surface area contributed by atoms with Crippen molar-refractivity contribution in [2.24, 2.45) is 0 Å². The number of carbonyl (C=O) groups is 1. The Morgan fingerprint density at radius 3 is 2.48 bits per heavy atom. The Morgan fingerprint density at radius 1 is 1.00 bits per heavy atom. The van der Waals surface area contributed by atoms with Gasteiger partial charge in [0.1, 0.15) is 5.82 Å². The summed E-state index contributed by atoms with van der Waals surface area (Å²) in [6.45, 7) is 0. The summed E-state index contributed by atoms with van der Waals surface area (Å²) in [7, 11) is 0. The predicted molar refractivity (Wildman–Crippen MR) is 105 cm³/mol. The molecule has 126 valence electrons. The molecule has 0 saturated carbocycles. The van der Waals surface area contributed by atoms with E-state index >= 15 is 0 Å². The monoisotopic (exact) mass is 369 g/mol. The van der Waals surface area contributed by atoms with Crippen molar-refractivity contribution < 1.29 is 4.79 Å². The van der Waals surface area contributed by atoms with E-state index in [1.54, 1.807) is 30.3 Å². The van der Waals surface area contributed by atoms with Gasteiger partial charge in [0.2, 0.25) is 0 Å². The Labute approximate surface area is 157 Å². The zero-order chi connectivity index (χ0) is 17.6. The minimum Gasteiger partial charge on any atom is -0.305 e. The number of aromatic nitrogens is 1. The zero-order valence-electron chi connectivity index (χ0n) is 13.3. The van der Waals surface area contributed by atoms with Crippen molar-refractivity contribution in [2.75, 3.05) is 9.62 Å². The van der Waals surface area contributed by atoms with Crippen molar-refractivity contribution in [3.8, 4) is 0 Å². The Kier molecular flexibility index (Phi) is 5.58. The van der Waals surface area contributed by atoms with Gasteiger partial charge in [-0.25, -0.2) is 14.1 Å². The number of carbonyl (C=O) groups excluding carboxylic acids is 1. The average Bonchev–Trinajstić information content (AvgIpc) is 2.64. The average molecular weight is 370 g/mol. The molecule has 1 heterocycles. The molecule has 0 spiro atoms. The number of benzene rings is 2. The normalized spacial score (nSPS) is 10.3. The molecule has 0 saturated heterocycles. The Hall–Kier alpha value is -2.50. The second kappa shape index (κ2) is 8.05. The van der Waals surface area contributed by atoms with E-state index in [2.05, 4.69) is 23.1 Å². The van der Waals surface area contributed by atoms with Crippen LogP contribution >= 0.6 is 24.4 Å². The minimum atomic E-state index is -0.430. The molecule has 0 unspecified atom stereocenters. The maximum absolute atomic E-state index is 12.4. The lowest BCUT2D eigenvalue weighted by atomic mass is 10.1. The van der Waals surface area contributed by atoms with Gasteiger partial charge in [0.25, 0.3) is 0 Å². The van der Waals surface area contributed by atoms with E-state index in [0.717, 1.165) is 15.6 Å². The third-order valence-electron chi connectivity index (χ3n) is 3.54. The summed E-state index contributed by atoms with van der Waals surface area (Å²) in [5.74, 6) is 0.446. The predicted octanol–water partition coefficient (Wildman–Crippen LogP) is 5.21. The van der Waals surface area contributed by atoms with Crippen LogP contribution in [0.2, 0.25) is 5.02 Å². The number of hydrogen-bond acceptors (Lipinski definition) is 3. The highest BCUT2D eigenvalue weighted by Crippen LogP contribution is 2.22. The second-order valence-corrected chi connectivity index (χ2v) is 6.18. The topological polar surface area (TPSA) is 45.2 Å². The van der Waals surface area contributed by atoms with Gasteiger partial charge >= 0.3 is 6.03 Å². The van der Waals surface area contributed by atoms with E-state index in [1.165, 1.54) is 0 Å². The van der Waals surface area contributed by atoms with Gasteiger partial charge in [0, 0.05) is 12.1 Å². The molecule has 1 aromatic heterocycles. The van der Waals surface area contributed by atoms with Gasteiger partial charge in [-0.1, -0.05) is 72.9 Å². The first kappa shape index (κ1) is 17.3. The van der Waals surface area contributed by atoms with Crippen molar-refractivity contribution in [1.82, 2.24) is 4.98 Å². The van der Waals surface area contributed by atoms with Crippen LogP contribution in [0.1, 0.15) is 11.3 Å². The fourth-order valence-corrected chi connectivity index (χ4v) is 2.67. The lowest BCUT2D eigenvalue weighted by Crippen LogP contribution is -2.27. The standard InChI is InChI=1S/C19H16ClN3OS/c20-16-10-4-5-11-17(16)22-19(24)23(25)18-12-6-9-15(21-18)13-14-7-2-1-3-8-14/h1-12,25H,13H2,(H,22,24). The first-order chi connectivity index (χ1) is 12.1. The van der Waals surface area contributed by atoms with E-state index in [4.69, 9.17) is 11.6 Å². The van der Waals surface area contributed by atoms with Gasteiger partial charge in [-0.2, -0.15) is 0 Å². The van der Waals surface area contributed by atoms with Crippen molar-refractivity contribution in [1.29, 1.82) is 0 Å². The van der Waals surface area contributed by atoms with Crippen LogP contribution in [0.15, 0.2) is 72.8 Å². The van der Waals surface area contributed by atoms with E-state index in [0.29, 0.717) is 22.9 Å². The SMILES string of the molecule is O=C(Nc1ccccc1Cl)N(S)c1cccc(Cc2ccccc2)n1. The van der Waals surface area contributed by atoms with Gasteiger partial charge in [-0.3, -0.25) is 0 Å². The van der Waals surface area contributed by atoms with Gasteiger partial charge in [-0.15, -0.1) is 0 Å². The van der Waals surface area contributed by atoms with Crippen LogP contribution < -0.4 is 9.62 Å². The summed E-state index contributed by atoms with van der Waals surface area (Å²) in [5, 5.41) is 3.18. The fourth-order valence-electron chi connectivity index (χ4n) is 2.32. The highest BCUT2D eigenvalue weighted by molar-refractivity contribution is 7.82. The first-order valence-electron chi connectivity index (χ1n) is 7.68. The summed E-state index contributed by atoms with van der Waals surface area (Å²) < 4.78 is 1.16. The minimum absolute atomic E-state index is 0.430. The smallest absolute Gasteiger partial charge is 0.305 e. The van der Waals surface area contributed by atoms with Gasteiger partial charge in [0.05, 0.1) is 10.7 Å².